The first-order valence-electron chi connectivity index (χ1n) is 11.7. The Balaban J connectivity index is 2.16. The summed E-state index contributed by atoms with van der Waals surface area (Å²) in [6.45, 7) is 3.24. The topological polar surface area (TPSA) is 180 Å². The van der Waals surface area contributed by atoms with E-state index < -0.39 is 41.7 Å². The van der Waals surface area contributed by atoms with Gasteiger partial charge >= 0.3 is 5.97 Å². The van der Waals surface area contributed by atoms with Gasteiger partial charge in [0, 0.05) is 31.2 Å². The lowest BCUT2D eigenvalue weighted by Crippen LogP contribution is -2.49. The number of aromatic nitrogens is 2. The second-order valence-electron chi connectivity index (χ2n) is 8.62. The van der Waals surface area contributed by atoms with E-state index in [0.29, 0.717) is 6.54 Å². The standard InChI is InChI=1S/C25H32N7O5/c1-4-20(32-11-10-28-23(25(32)37)29-13-18(27)16(2)26)24(36)30-19(12-22(34)35)21(33)15-31(3)14-17-8-6-5-7-9-17/h5-11,19-20,26H,4,12-15H2,1-3H3,(H,28,29)(H,30,36)(H,34,35)/q-1. The molecular weight excluding hydrogens is 478 g/mol. The van der Waals surface area contributed by atoms with Crippen LogP contribution in [0.3, 0.4) is 0 Å². The van der Waals surface area contributed by atoms with Gasteiger partial charge in [-0.05, 0) is 26.0 Å². The highest BCUT2D eigenvalue weighted by atomic mass is 16.4. The zero-order valence-corrected chi connectivity index (χ0v) is 21.1. The predicted molar refractivity (Wildman–Crippen MR) is 140 cm³/mol. The Hall–Kier alpha value is -4.19. The molecule has 2 atom stereocenters. The lowest BCUT2D eigenvalue weighted by Gasteiger charge is -2.24. The number of carbonyl (C=O) groups excluding carboxylic acids is 2. The van der Waals surface area contributed by atoms with Crippen LogP contribution >= 0.6 is 0 Å². The fourth-order valence-electron chi connectivity index (χ4n) is 3.62. The molecule has 12 nitrogen and oxygen atoms in total. The number of nitrogens with one attached hydrogen (secondary N) is 3. The normalized spacial score (nSPS) is 12.4. The average molecular weight is 511 g/mol. The Bertz CT molecular complexity index is 1200. The summed E-state index contributed by atoms with van der Waals surface area (Å²) < 4.78 is 1.13. The largest absolute Gasteiger partial charge is 0.805 e. The summed E-state index contributed by atoms with van der Waals surface area (Å²) >= 11 is 0. The molecule has 0 aliphatic carbocycles. The maximum absolute atomic E-state index is 13.1. The minimum absolute atomic E-state index is 0.0712. The number of likely N-dealkylation sites (N-methyl/N-ethyl adjacent to an activating group) is 1. The summed E-state index contributed by atoms with van der Waals surface area (Å²) in [5.74, 6) is -2.54. The smallest absolute Gasteiger partial charge is 0.305 e. The highest BCUT2D eigenvalue weighted by Gasteiger charge is 2.29. The molecule has 0 bridgehead atoms. The number of aliphatic carboxylic acids is 1. The molecule has 1 heterocycles. The highest BCUT2D eigenvalue weighted by molar-refractivity contribution is 6.42. The molecule has 2 rings (SSSR count). The number of carboxylic acid groups (broad SMARTS) is 1. The van der Waals surface area contributed by atoms with Crippen molar-refractivity contribution in [3.05, 3.63) is 64.1 Å². The van der Waals surface area contributed by atoms with Crippen LogP contribution in [0.5, 0.6) is 0 Å². The van der Waals surface area contributed by atoms with Gasteiger partial charge in [-0.3, -0.25) is 28.6 Å². The first-order chi connectivity index (χ1) is 17.5. The molecule has 2 unspecified atom stereocenters. The summed E-state index contributed by atoms with van der Waals surface area (Å²) in [6, 6.07) is 7.13. The minimum Gasteiger partial charge on any atom is -0.805 e. The van der Waals surface area contributed by atoms with Gasteiger partial charge < -0.3 is 26.6 Å². The number of rotatable bonds is 15. The third kappa shape index (κ3) is 8.76. The van der Waals surface area contributed by atoms with Gasteiger partial charge in [-0.15, -0.1) is 5.71 Å². The Labute approximate surface area is 214 Å². The van der Waals surface area contributed by atoms with Crippen molar-refractivity contribution in [1.29, 1.82) is 5.41 Å². The molecule has 1 amide bonds. The van der Waals surface area contributed by atoms with Crippen molar-refractivity contribution in [3.8, 4) is 0 Å². The van der Waals surface area contributed by atoms with Crippen LogP contribution in [0.25, 0.3) is 5.41 Å². The maximum atomic E-state index is 13.1. The Morgan fingerprint density at radius 3 is 2.51 bits per heavy atom. The van der Waals surface area contributed by atoms with Crippen LogP contribution in [-0.2, 0) is 20.9 Å². The van der Waals surface area contributed by atoms with Gasteiger partial charge in [0.1, 0.15) is 6.04 Å². The Morgan fingerprint density at radius 1 is 1.24 bits per heavy atom. The lowest BCUT2D eigenvalue weighted by molar-refractivity contribution is -0.140. The van der Waals surface area contributed by atoms with Crippen molar-refractivity contribution < 1.29 is 19.5 Å². The van der Waals surface area contributed by atoms with Crippen molar-refractivity contribution >= 4 is 34.9 Å². The van der Waals surface area contributed by atoms with E-state index in [1.165, 1.54) is 19.3 Å². The van der Waals surface area contributed by atoms with Crippen molar-refractivity contribution in [2.24, 2.45) is 0 Å². The van der Waals surface area contributed by atoms with Gasteiger partial charge in [-0.2, -0.15) is 0 Å². The van der Waals surface area contributed by atoms with E-state index in [-0.39, 0.29) is 36.8 Å². The number of carbonyl (C=O) groups is 3. The van der Waals surface area contributed by atoms with E-state index in [1.807, 2.05) is 30.3 Å². The molecule has 12 heteroatoms. The lowest BCUT2D eigenvalue weighted by atomic mass is 10.1. The molecule has 198 valence electrons. The quantitative estimate of drug-likeness (QED) is 0.259. The van der Waals surface area contributed by atoms with Crippen molar-refractivity contribution in [2.75, 3.05) is 25.5 Å². The van der Waals surface area contributed by atoms with Crippen molar-refractivity contribution in [3.63, 3.8) is 0 Å². The Morgan fingerprint density at radius 2 is 1.92 bits per heavy atom. The Kier molecular flexibility index (Phi) is 10.8. The van der Waals surface area contributed by atoms with Crippen molar-refractivity contribution in [2.45, 2.75) is 45.3 Å². The van der Waals surface area contributed by atoms with E-state index in [9.17, 15) is 29.7 Å². The van der Waals surface area contributed by atoms with E-state index in [1.54, 1.807) is 18.9 Å². The van der Waals surface area contributed by atoms with Crippen LogP contribution in [0.1, 0.15) is 38.3 Å². The van der Waals surface area contributed by atoms with Gasteiger partial charge in [0.15, 0.2) is 11.6 Å². The van der Waals surface area contributed by atoms with E-state index in [4.69, 9.17) is 5.41 Å². The first kappa shape index (κ1) is 29.0. The molecule has 0 fully saturated rings. The highest BCUT2D eigenvalue weighted by Crippen LogP contribution is 2.12. The molecule has 0 saturated carbocycles. The molecule has 0 saturated heterocycles. The summed E-state index contributed by atoms with van der Waals surface area (Å²) in [6.07, 6.45) is 2.19. The van der Waals surface area contributed by atoms with Gasteiger partial charge in [-0.25, -0.2) is 4.98 Å². The molecule has 37 heavy (non-hydrogen) atoms. The zero-order valence-electron chi connectivity index (χ0n) is 21.1. The number of Topliss-reactive ketones (excluding diaryl/α,β-unsaturated/α-hetero) is 1. The molecule has 0 radical (unpaired) electrons. The number of carboxylic acids is 1. The molecule has 0 aliphatic rings. The predicted octanol–water partition coefficient (Wildman–Crippen LogP) is 1.32. The van der Waals surface area contributed by atoms with Crippen LogP contribution in [0.15, 0.2) is 47.5 Å². The third-order valence-electron chi connectivity index (χ3n) is 5.55. The van der Waals surface area contributed by atoms with Gasteiger partial charge in [0.25, 0.3) is 5.56 Å². The minimum atomic E-state index is -1.28. The number of anilines is 1. The molecule has 1 aromatic heterocycles. The van der Waals surface area contributed by atoms with Gasteiger partial charge in [-0.1, -0.05) is 37.3 Å². The summed E-state index contributed by atoms with van der Waals surface area (Å²) in [5, 5.41) is 31.6. The number of hydrogen-bond acceptors (Lipinski definition) is 8. The van der Waals surface area contributed by atoms with Gasteiger partial charge in [0.05, 0.1) is 19.0 Å². The average Bonchev–Trinajstić information content (AvgIpc) is 2.84. The number of benzene rings is 1. The molecule has 1 aromatic carbocycles. The maximum Gasteiger partial charge on any atom is 0.305 e. The molecule has 0 aliphatic heterocycles. The van der Waals surface area contributed by atoms with Crippen LogP contribution in [0, 0.1) is 5.41 Å². The van der Waals surface area contributed by atoms with Crippen LogP contribution < -0.4 is 16.2 Å². The number of nitrogens with zero attached hydrogens (tertiary/aromatic N) is 4. The SMILES string of the molecule is CCC(C(=O)NC(CC(=O)O)C(=O)CN(C)Cc1ccccc1)n1ccnc(NCC(=[N-])C(C)=N)c1=O. The van der Waals surface area contributed by atoms with Crippen LogP contribution in [0.2, 0.25) is 0 Å². The molecular formula is C25H32N7O5-. The fourth-order valence-corrected chi connectivity index (χ4v) is 3.62. The van der Waals surface area contributed by atoms with Gasteiger partial charge in [0.2, 0.25) is 5.91 Å². The number of amides is 1. The molecule has 2 aromatic rings. The van der Waals surface area contributed by atoms with Crippen LogP contribution in [-0.4, -0.2) is 74.8 Å². The van der Waals surface area contributed by atoms with Crippen LogP contribution in [0.4, 0.5) is 5.82 Å². The van der Waals surface area contributed by atoms with Crippen molar-refractivity contribution in [1.82, 2.24) is 19.8 Å². The third-order valence-corrected chi connectivity index (χ3v) is 5.55. The molecule has 0 spiro atoms. The second kappa shape index (κ2) is 13.8. The summed E-state index contributed by atoms with van der Waals surface area (Å²) in [5.41, 5.74) is -0.0127. The summed E-state index contributed by atoms with van der Waals surface area (Å²) in [7, 11) is 1.72. The van der Waals surface area contributed by atoms with E-state index >= 15 is 0 Å². The number of ketones is 1. The zero-order chi connectivity index (χ0) is 27.5. The second-order valence-corrected chi connectivity index (χ2v) is 8.62. The molecule has 4 N–H and O–H groups in total. The van der Waals surface area contributed by atoms with E-state index in [0.717, 1.165) is 10.1 Å². The number of hydrogen-bond donors (Lipinski definition) is 4. The monoisotopic (exact) mass is 510 g/mol. The summed E-state index contributed by atoms with van der Waals surface area (Å²) in [4.78, 5) is 56.1. The first-order valence-corrected chi connectivity index (χ1v) is 11.7. The van der Waals surface area contributed by atoms with E-state index in [2.05, 4.69) is 15.6 Å². The fraction of sp³-hybridized carbons (Fsp3) is 0.400.